The normalized spacial score (nSPS) is 11.3. The van der Waals surface area contributed by atoms with Crippen molar-refractivity contribution in [1.29, 1.82) is 0 Å². The molecule has 0 spiro atoms. The van der Waals surface area contributed by atoms with Gasteiger partial charge in [-0.15, -0.1) is 0 Å². The zero-order valence-electron chi connectivity index (χ0n) is 26.1. The molecule has 1 heterocycles. The van der Waals surface area contributed by atoms with Crippen molar-refractivity contribution in [3.8, 4) is 56.4 Å². The Balaban J connectivity index is 1.43. The molecule has 8 aromatic carbocycles. The third kappa shape index (κ3) is 4.81. The summed E-state index contributed by atoms with van der Waals surface area (Å²) in [5.74, 6) is 1.94. The van der Waals surface area contributed by atoms with E-state index in [1.54, 1.807) is 0 Å². The van der Waals surface area contributed by atoms with Crippen LogP contribution in [0.2, 0.25) is 0 Å². The summed E-state index contributed by atoms with van der Waals surface area (Å²) in [5, 5.41) is 7.11. The van der Waals surface area contributed by atoms with Gasteiger partial charge in [-0.05, 0) is 61.3 Å². The Labute approximate surface area is 278 Å². The maximum absolute atomic E-state index is 5.23. The summed E-state index contributed by atoms with van der Waals surface area (Å²) in [6.45, 7) is 0. The largest absolute Gasteiger partial charge is 0.208 e. The molecular weight excluding hydrogens is 583 g/mol. The third-order valence-corrected chi connectivity index (χ3v) is 9.11. The fourth-order valence-electron chi connectivity index (χ4n) is 6.90. The zero-order valence-corrected chi connectivity index (χ0v) is 26.1. The van der Waals surface area contributed by atoms with Crippen molar-refractivity contribution >= 4 is 32.3 Å². The molecule has 3 nitrogen and oxygen atoms in total. The summed E-state index contributed by atoms with van der Waals surface area (Å²) in [6.07, 6.45) is 0. The van der Waals surface area contributed by atoms with Gasteiger partial charge in [-0.1, -0.05) is 164 Å². The SMILES string of the molecule is c1ccc(-c2nc(-c3ccccc3)nc(-c3cc(-c4ccccc4-c4ccccc4)cc4c5ccccc5c5ccccc5c34)n2)cc1. The quantitative estimate of drug-likeness (QED) is 0.182. The van der Waals surface area contributed by atoms with Crippen molar-refractivity contribution < 1.29 is 0 Å². The van der Waals surface area contributed by atoms with Crippen molar-refractivity contribution in [3.05, 3.63) is 176 Å². The van der Waals surface area contributed by atoms with Gasteiger partial charge in [-0.2, -0.15) is 0 Å². The van der Waals surface area contributed by atoms with Gasteiger partial charge >= 0.3 is 0 Å². The Bertz CT molecular complexity index is 2540. The number of hydrogen-bond acceptors (Lipinski definition) is 3. The third-order valence-electron chi connectivity index (χ3n) is 9.11. The van der Waals surface area contributed by atoms with Crippen LogP contribution >= 0.6 is 0 Å². The van der Waals surface area contributed by atoms with E-state index in [2.05, 4.69) is 140 Å². The smallest absolute Gasteiger partial charge is 0.164 e. The Morgan fingerprint density at radius 1 is 0.250 bits per heavy atom. The molecule has 0 atom stereocenters. The molecule has 0 aliphatic carbocycles. The van der Waals surface area contributed by atoms with E-state index in [9.17, 15) is 0 Å². The minimum atomic E-state index is 0.646. The van der Waals surface area contributed by atoms with E-state index in [-0.39, 0.29) is 0 Å². The molecule has 9 aromatic rings. The summed E-state index contributed by atoms with van der Waals surface area (Å²) in [4.78, 5) is 15.5. The number of aromatic nitrogens is 3. The molecule has 0 saturated heterocycles. The lowest BCUT2D eigenvalue weighted by molar-refractivity contribution is 1.08. The number of benzene rings is 8. The van der Waals surface area contributed by atoms with Gasteiger partial charge in [-0.3, -0.25) is 0 Å². The second-order valence-electron chi connectivity index (χ2n) is 12.0. The van der Waals surface area contributed by atoms with Gasteiger partial charge < -0.3 is 0 Å². The molecule has 0 bridgehead atoms. The Hall–Kier alpha value is -6.45. The van der Waals surface area contributed by atoms with E-state index in [1.807, 2.05) is 36.4 Å². The molecule has 3 heteroatoms. The van der Waals surface area contributed by atoms with Crippen molar-refractivity contribution in [2.75, 3.05) is 0 Å². The first-order valence-corrected chi connectivity index (χ1v) is 16.2. The maximum Gasteiger partial charge on any atom is 0.164 e. The molecule has 0 unspecified atom stereocenters. The minimum Gasteiger partial charge on any atom is -0.208 e. The predicted molar refractivity (Wildman–Crippen MR) is 200 cm³/mol. The molecule has 0 N–H and O–H groups in total. The lowest BCUT2D eigenvalue weighted by atomic mass is 9.87. The van der Waals surface area contributed by atoms with Crippen LogP contribution in [-0.2, 0) is 0 Å². The van der Waals surface area contributed by atoms with Gasteiger partial charge in [0.05, 0.1) is 0 Å². The minimum absolute atomic E-state index is 0.646. The molecule has 0 radical (unpaired) electrons. The van der Waals surface area contributed by atoms with Crippen LogP contribution in [0.4, 0.5) is 0 Å². The van der Waals surface area contributed by atoms with Crippen LogP contribution in [0.3, 0.4) is 0 Å². The van der Waals surface area contributed by atoms with Crippen molar-refractivity contribution in [2.45, 2.75) is 0 Å². The highest BCUT2D eigenvalue weighted by molar-refractivity contribution is 6.29. The first kappa shape index (κ1) is 27.8. The summed E-state index contributed by atoms with van der Waals surface area (Å²) >= 11 is 0. The zero-order chi connectivity index (χ0) is 31.9. The van der Waals surface area contributed by atoms with E-state index in [0.717, 1.165) is 33.2 Å². The van der Waals surface area contributed by atoms with Gasteiger partial charge in [-0.25, -0.2) is 15.0 Å². The molecule has 0 saturated carbocycles. The first-order valence-electron chi connectivity index (χ1n) is 16.2. The van der Waals surface area contributed by atoms with E-state index in [1.165, 1.54) is 38.1 Å². The molecular formula is C45H29N3. The topological polar surface area (TPSA) is 38.7 Å². The number of nitrogens with zero attached hydrogens (tertiary/aromatic N) is 3. The highest BCUT2D eigenvalue weighted by Crippen LogP contribution is 2.44. The average molecular weight is 612 g/mol. The molecule has 1 aromatic heterocycles. The van der Waals surface area contributed by atoms with E-state index >= 15 is 0 Å². The average Bonchev–Trinajstić information content (AvgIpc) is 3.18. The maximum atomic E-state index is 5.23. The van der Waals surface area contributed by atoms with Crippen LogP contribution in [-0.4, -0.2) is 15.0 Å². The number of hydrogen-bond donors (Lipinski definition) is 0. The van der Waals surface area contributed by atoms with Crippen LogP contribution < -0.4 is 0 Å². The molecule has 0 aliphatic heterocycles. The van der Waals surface area contributed by atoms with Crippen LogP contribution in [0.25, 0.3) is 88.7 Å². The van der Waals surface area contributed by atoms with E-state index in [0.29, 0.717) is 17.5 Å². The van der Waals surface area contributed by atoms with Gasteiger partial charge in [0.2, 0.25) is 0 Å². The number of rotatable bonds is 5. The van der Waals surface area contributed by atoms with Crippen LogP contribution in [0.1, 0.15) is 0 Å². The van der Waals surface area contributed by atoms with E-state index < -0.39 is 0 Å². The molecule has 48 heavy (non-hydrogen) atoms. The molecule has 224 valence electrons. The second kappa shape index (κ2) is 11.7. The van der Waals surface area contributed by atoms with Gasteiger partial charge in [0.1, 0.15) is 0 Å². The fraction of sp³-hybridized carbons (Fsp3) is 0. The van der Waals surface area contributed by atoms with Crippen LogP contribution in [0.5, 0.6) is 0 Å². The Morgan fingerprint density at radius 2 is 0.646 bits per heavy atom. The number of fused-ring (bicyclic) bond motifs is 6. The summed E-state index contributed by atoms with van der Waals surface area (Å²) in [5.41, 5.74) is 7.50. The summed E-state index contributed by atoms with van der Waals surface area (Å²) < 4.78 is 0. The molecule has 0 fully saturated rings. The summed E-state index contributed by atoms with van der Waals surface area (Å²) in [6, 6.07) is 61.7. The highest BCUT2D eigenvalue weighted by atomic mass is 15.0. The van der Waals surface area contributed by atoms with Gasteiger partial charge in [0.25, 0.3) is 0 Å². The van der Waals surface area contributed by atoms with Crippen molar-refractivity contribution in [1.82, 2.24) is 15.0 Å². The van der Waals surface area contributed by atoms with Gasteiger partial charge in [0, 0.05) is 22.1 Å². The lowest BCUT2D eigenvalue weighted by Crippen LogP contribution is -2.01. The van der Waals surface area contributed by atoms with Crippen molar-refractivity contribution in [3.63, 3.8) is 0 Å². The Morgan fingerprint density at radius 3 is 1.21 bits per heavy atom. The summed E-state index contributed by atoms with van der Waals surface area (Å²) in [7, 11) is 0. The molecule has 0 amide bonds. The molecule has 9 rings (SSSR count). The lowest BCUT2D eigenvalue weighted by Gasteiger charge is -2.18. The van der Waals surface area contributed by atoms with E-state index in [4.69, 9.17) is 15.0 Å². The van der Waals surface area contributed by atoms with Crippen LogP contribution in [0.15, 0.2) is 176 Å². The van der Waals surface area contributed by atoms with Gasteiger partial charge in [0.15, 0.2) is 17.5 Å². The first-order chi connectivity index (χ1) is 23.8. The highest BCUT2D eigenvalue weighted by Gasteiger charge is 2.20. The standard InChI is InChI=1S/C45H29N3/c1-4-16-30(17-5-1)34-22-10-11-23-35(34)33-28-40-38-26-13-12-24-36(38)37-25-14-15-27-39(37)42(40)41(29-33)45-47-43(31-18-6-2-7-19-31)46-44(48-45)32-20-8-3-9-21-32/h1-29H. The predicted octanol–water partition coefficient (Wildman–Crippen LogP) is 11.7. The van der Waals surface area contributed by atoms with Crippen LogP contribution in [0, 0.1) is 0 Å². The monoisotopic (exact) mass is 611 g/mol. The second-order valence-corrected chi connectivity index (χ2v) is 12.0. The molecule has 0 aliphatic rings. The Kier molecular flexibility index (Phi) is 6.80. The fourth-order valence-corrected chi connectivity index (χ4v) is 6.90. The van der Waals surface area contributed by atoms with Crippen molar-refractivity contribution in [2.24, 2.45) is 0 Å².